The van der Waals surface area contributed by atoms with Gasteiger partial charge >= 0.3 is 7.37 Å². The Balaban J connectivity index is 2.13. The Morgan fingerprint density at radius 2 is 1.43 bits per heavy atom. The summed E-state index contributed by atoms with van der Waals surface area (Å²) in [5.74, 6) is -0.372. The van der Waals surface area contributed by atoms with E-state index in [0.29, 0.717) is 5.56 Å². The first kappa shape index (κ1) is 20.5. The van der Waals surface area contributed by atoms with E-state index < -0.39 is 12.9 Å². The van der Waals surface area contributed by atoms with E-state index in [1.165, 1.54) is 31.4 Å². The van der Waals surface area contributed by atoms with Crippen LogP contribution in [0.2, 0.25) is 10.0 Å². The Hall–Kier alpha value is -2.23. The Morgan fingerprint density at radius 3 is 2.00 bits per heavy atom. The summed E-state index contributed by atoms with van der Waals surface area (Å²) in [5.41, 5.74) is -0.558. The van der Waals surface area contributed by atoms with Gasteiger partial charge in [0.25, 0.3) is 5.52 Å². The molecule has 0 saturated carbocycles. The molecule has 3 aromatic carbocycles. The van der Waals surface area contributed by atoms with Crippen molar-refractivity contribution in [2.24, 2.45) is 0 Å². The molecule has 0 aliphatic carbocycles. The SMILES string of the molecule is COP(=O)(C(=O)c1c(Cl)ccc(C(=O)c2ccccc2)c1Cl)c1ccccc1. The number of rotatable bonds is 6. The second-order valence-electron chi connectivity index (χ2n) is 5.85. The van der Waals surface area contributed by atoms with Gasteiger partial charge in [-0.25, -0.2) is 0 Å². The largest absolute Gasteiger partial charge is 0.323 e. The third-order valence-corrected chi connectivity index (χ3v) is 7.16. The molecule has 0 fully saturated rings. The maximum absolute atomic E-state index is 13.4. The molecular formula is C21H15Cl2O4P. The fourth-order valence-corrected chi connectivity index (χ4v) is 5.21. The van der Waals surface area contributed by atoms with E-state index in [1.54, 1.807) is 48.5 Å². The highest BCUT2D eigenvalue weighted by molar-refractivity contribution is 7.83. The summed E-state index contributed by atoms with van der Waals surface area (Å²) in [6, 6.07) is 19.4. The van der Waals surface area contributed by atoms with Crippen LogP contribution < -0.4 is 5.30 Å². The molecule has 0 aromatic heterocycles. The highest BCUT2D eigenvalue weighted by Crippen LogP contribution is 2.50. The van der Waals surface area contributed by atoms with Crippen LogP contribution in [-0.4, -0.2) is 18.4 Å². The van der Waals surface area contributed by atoms with Crippen molar-refractivity contribution in [1.82, 2.24) is 0 Å². The monoisotopic (exact) mass is 432 g/mol. The van der Waals surface area contributed by atoms with Crippen LogP contribution in [0.4, 0.5) is 0 Å². The van der Waals surface area contributed by atoms with Crippen molar-refractivity contribution in [3.05, 3.63) is 99.5 Å². The average molecular weight is 433 g/mol. The second-order valence-corrected chi connectivity index (χ2v) is 9.03. The minimum absolute atomic E-state index is 0.00665. The van der Waals surface area contributed by atoms with Crippen LogP contribution in [0.1, 0.15) is 26.3 Å². The molecule has 0 aliphatic rings. The maximum Gasteiger partial charge on any atom is 0.300 e. The fourth-order valence-electron chi connectivity index (χ4n) is 2.75. The number of halogens is 2. The molecule has 0 N–H and O–H groups in total. The summed E-state index contributed by atoms with van der Waals surface area (Å²) >= 11 is 12.6. The number of ketones is 1. The van der Waals surface area contributed by atoms with Gasteiger partial charge in [-0.05, 0) is 24.3 Å². The van der Waals surface area contributed by atoms with Crippen LogP contribution in [-0.2, 0) is 9.09 Å². The summed E-state index contributed by atoms with van der Waals surface area (Å²) < 4.78 is 18.5. The molecule has 142 valence electrons. The zero-order valence-electron chi connectivity index (χ0n) is 14.8. The van der Waals surface area contributed by atoms with Gasteiger partial charge in [-0.3, -0.25) is 14.2 Å². The van der Waals surface area contributed by atoms with Crippen molar-refractivity contribution >= 4 is 47.2 Å². The molecule has 0 amide bonds. The molecule has 0 heterocycles. The van der Waals surface area contributed by atoms with Crippen LogP contribution in [0, 0.1) is 0 Å². The molecule has 0 spiro atoms. The molecule has 1 atom stereocenters. The van der Waals surface area contributed by atoms with E-state index in [0.717, 1.165) is 0 Å². The Morgan fingerprint density at radius 1 is 0.857 bits per heavy atom. The Labute approximate surface area is 172 Å². The molecular weight excluding hydrogens is 418 g/mol. The van der Waals surface area contributed by atoms with E-state index in [2.05, 4.69) is 0 Å². The third kappa shape index (κ3) is 3.69. The van der Waals surface area contributed by atoms with Crippen LogP contribution >= 0.6 is 30.6 Å². The maximum atomic E-state index is 13.4. The summed E-state index contributed by atoms with van der Waals surface area (Å²) in [6.45, 7) is 0. The lowest BCUT2D eigenvalue weighted by Crippen LogP contribution is -2.16. The standard InChI is InChI=1S/C21H15Cl2O4P/c1-27-28(26,15-10-6-3-7-11-15)21(25)18-17(22)13-12-16(19(18)23)20(24)14-8-4-2-5-9-14/h2-13H,1H3. The van der Waals surface area contributed by atoms with Gasteiger partial charge in [0.05, 0.1) is 15.6 Å². The van der Waals surface area contributed by atoms with E-state index in [4.69, 9.17) is 27.7 Å². The molecule has 28 heavy (non-hydrogen) atoms. The van der Waals surface area contributed by atoms with Gasteiger partial charge in [-0.2, -0.15) is 0 Å². The lowest BCUT2D eigenvalue weighted by atomic mass is 10.0. The number of hydrogen-bond donors (Lipinski definition) is 0. The van der Waals surface area contributed by atoms with Crippen LogP contribution in [0.5, 0.6) is 0 Å². The normalized spacial score (nSPS) is 13.0. The van der Waals surface area contributed by atoms with Gasteiger partial charge in [0.1, 0.15) is 0 Å². The fraction of sp³-hybridized carbons (Fsp3) is 0.0476. The van der Waals surface area contributed by atoms with Gasteiger partial charge in [-0.15, -0.1) is 0 Å². The van der Waals surface area contributed by atoms with Crippen molar-refractivity contribution in [1.29, 1.82) is 0 Å². The molecule has 1 unspecified atom stereocenters. The zero-order valence-corrected chi connectivity index (χ0v) is 17.2. The molecule has 0 radical (unpaired) electrons. The van der Waals surface area contributed by atoms with E-state index >= 15 is 0 Å². The van der Waals surface area contributed by atoms with Crippen LogP contribution in [0.3, 0.4) is 0 Å². The van der Waals surface area contributed by atoms with E-state index in [9.17, 15) is 14.2 Å². The molecule has 7 heteroatoms. The average Bonchev–Trinajstić information content (AvgIpc) is 2.74. The zero-order chi connectivity index (χ0) is 20.3. The minimum atomic E-state index is -3.96. The number of benzene rings is 3. The number of hydrogen-bond acceptors (Lipinski definition) is 4. The Bertz CT molecular complexity index is 1080. The van der Waals surface area contributed by atoms with Crippen molar-refractivity contribution < 1.29 is 18.7 Å². The highest BCUT2D eigenvalue weighted by Gasteiger charge is 2.38. The topological polar surface area (TPSA) is 60.4 Å². The van der Waals surface area contributed by atoms with Gasteiger partial charge in [-0.1, -0.05) is 71.7 Å². The van der Waals surface area contributed by atoms with E-state index in [1.807, 2.05) is 0 Å². The van der Waals surface area contributed by atoms with Crippen molar-refractivity contribution in [2.45, 2.75) is 0 Å². The molecule has 0 aliphatic heterocycles. The lowest BCUT2D eigenvalue weighted by molar-refractivity contribution is 0.103. The first-order chi connectivity index (χ1) is 13.4. The summed E-state index contributed by atoms with van der Waals surface area (Å²) in [6.07, 6.45) is 0. The summed E-state index contributed by atoms with van der Waals surface area (Å²) in [5, 5.41) is 0.0572. The molecule has 0 bridgehead atoms. The molecule has 3 aromatic rings. The Kier molecular flexibility index (Phi) is 6.17. The van der Waals surface area contributed by atoms with E-state index in [-0.39, 0.29) is 32.3 Å². The molecule has 3 rings (SSSR count). The van der Waals surface area contributed by atoms with Crippen LogP contribution in [0.15, 0.2) is 72.8 Å². The van der Waals surface area contributed by atoms with Crippen molar-refractivity contribution in [2.75, 3.05) is 7.11 Å². The van der Waals surface area contributed by atoms with Gasteiger partial charge in [0.2, 0.25) is 0 Å². The van der Waals surface area contributed by atoms with Crippen LogP contribution in [0.25, 0.3) is 0 Å². The first-order valence-corrected chi connectivity index (χ1v) is 10.6. The van der Waals surface area contributed by atoms with Gasteiger partial charge in [0.15, 0.2) is 5.78 Å². The lowest BCUT2D eigenvalue weighted by Gasteiger charge is -2.17. The predicted octanol–water partition coefficient (Wildman–Crippen LogP) is 5.61. The van der Waals surface area contributed by atoms with Crippen molar-refractivity contribution in [3.8, 4) is 0 Å². The number of carbonyl (C=O) groups is 2. The quantitative estimate of drug-likeness (QED) is 0.374. The first-order valence-electron chi connectivity index (χ1n) is 8.24. The van der Waals surface area contributed by atoms with Gasteiger partial charge in [0, 0.05) is 23.5 Å². The third-order valence-electron chi connectivity index (χ3n) is 4.21. The molecule has 4 nitrogen and oxygen atoms in total. The molecule has 0 saturated heterocycles. The predicted molar refractivity (Wildman–Crippen MR) is 111 cm³/mol. The summed E-state index contributed by atoms with van der Waals surface area (Å²) in [4.78, 5) is 26.0. The second kappa shape index (κ2) is 8.42. The smallest absolute Gasteiger partial charge is 0.300 e. The number of carbonyl (C=O) groups excluding carboxylic acids is 2. The summed E-state index contributed by atoms with van der Waals surface area (Å²) in [7, 11) is -2.77. The highest BCUT2D eigenvalue weighted by atomic mass is 35.5. The van der Waals surface area contributed by atoms with Crippen molar-refractivity contribution in [3.63, 3.8) is 0 Å². The minimum Gasteiger partial charge on any atom is -0.323 e. The van der Waals surface area contributed by atoms with Gasteiger partial charge < -0.3 is 4.52 Å².